The van der Waals surface area contributed by atoms with E-state index in [0.717, 1.165) is 13.1 Å². The summed E-state index contributed by atoms with van der Waals surface area (Å²) in [5.74, 6) is 0. The fourth-order valence-electron chi connectivity index (χ4n) is 1.95. The highest BCUT2D eigenvalue weighted by molar-refractivity contribution is 5.41. The van der Waals surface area contributed by atoms with E-state index in [1.165, 1.54) is 23.1 Å². The zero-order chi connectivity index (χ0) is 8.55. The van der Waals surface area contributed by atoms with Crippen LogP contribution in [0.1, 0.15) is 22.3 Å². The first-order valence-electron chi connectivity index (χ1n) is 4.57. The van der Waals surface area contributed by atoms with E-state index < -0.39 is 0 Å². The van der Waals surface area contributed by atoms with E-state index in [2.05, 4.69) is 31.3 Å². The van der Waals surface area contributed by atoms with Crippen molar-refractivity contribution in [3.05, 3.63) is 34.4 Å². The first kappa shape index (κ1) is 7.81. The summed E-state index contributed by atoms with van der Waals surface area (Å²) >= 11 is 0. The fraction of sp³-hybridized carbons (Fsp3) is 0.455. The highest BCUT2D eigenvalue weighted by atomic mass is 14.9. The molecule has 64 valence electrons. The smallest absolute Gasteiger partial charge is 0.0211 e. The summed E-state index contributed by atoms with van der Waals surface area (Å²) in [5.41, 5.74) is 6.00. The van der Waals surface area contributed by atoms with E-state index in [-0.39, 0.29) is 0 Å². The lowest BCUT2D eigenvalue weighted by atomic mass is 9.93. The molecule has 0 radical (unpaired) electrons. The lowest BCUT2D eigenvalue weighted by Gasteiger charge is -2.21. The largest absolute Gasteiger partial charge is 0.312 e. The maximum Gasteiger partial charge on any atom is 0.0211 e. The van der Waals surface area contributed by atoms with Crippen LogP contribution in [0.4, 0.5) is 0 Å². The van der Waals surface area contributed by atoms with Gasteiger partial charge in [0.2, 0.25) is 0 Å². The Kier molecular flexibility index (Phi) is 1.89. The molecule has 0 bridgehead atoms. The van der Waals surface area contributed by atoms with Crippen LogP contribution in [0.25, 0.3) is 0 Å². The van der Waals surface area contributed by atoms with Crippen molar-refractivity contribution >= 4 is 0 Å². The second-order valence-corrected chi connectivity index (χ2v) is 3.58. The molecule has 1 N–H and O–H groups in total. The average Bonchev–Trinajstić information content (AvgIpc) is 2.12. The highest BCUT2D eigenvalue weighted by Crippen LogP contribution is 2.21. The van der Waals surface area contributed by atoms with Gasteiger partial charge in [0, 0.05) is 6.54 Å². The molecule has 2 rings (SSSR count). The Bertz CT molecular complexity index is 271. The summed E-state index contributed by atoms with van der Waals surface area (Å²) in [6.07, 6.45) is 1.20. The van der Waals surface area contributed by atoms with Crippen molar-refractivity contribution in [2.75, 3.05) is 6.54 Å². The molecule has 1 aliphatic rings. The van der Waals surface area contributed by atoms with Gasteiger partial charge in [0.25, 0.3) is 0 Å². The number of hydrogen-bond donors (Lipinski definition) is 1. The topological polar surface area (TPSA) is 12.0 Å². The monoisotopic (exact) mass is 161 g/mol. The molecule has 1 heteroatoms. The van der Waals surface area contributed by atoms with E-state index in [1.807, 2.05) is 0 Å². The second-order valence-electron chi connectivity index (χ2n) is 3.58. The first-order chi connectivity index (χ1) is 5.79. The van der Waals surface area contributed by atoms with Crippen molar-refractivity contribution in [3.8, 4) is 0 Å². The molecule has 12 heavy (non-hydrogen) atoms. The minimum absolute atomic E-state index is 1.06. The van der Waals surface area contributed by atoms with Crippen LogP contribution in [-0.4, -0.2) is 6.54 Å². The molecule has 0 saturated heterocycles. The van der Waals surface area contributed by atoms with Gasteiger partial charge in [-0.25, -0.2) is 0 Å². The third-order valence-corrected chi connectivity index (χ3v) is 2.75. The normalized spacial score (nSPS) is 15.8. The summed E-state index contributed by atoms with van der Waals surface area (Å²) < 4.78 is 0. The zero-order valence-electron chi connectivity index (χ0n) is 7.78. The van der Waals surface area contributed by atoms with E-state index in [9.17, 15) is 0 Å². The maximum atomic E-state index is 3.41. The van der Waals surface area contributed by atoms with Crippen molar-refractivity contribution in [3.63, 3.8) is 0 Å². The van der Waals surface area contributed by atoms with Crippen LogP contribution in [0.5, 0.6) is 0 Å². The second kappa shape index (κ2) is 2.91. The predicted octanol–water partition coefficient (Wildman–Crippen LogP) is 1.95. The fourth-order valence-corrected chi connectivity index (χ4v) is 1.95. The zero-order valence-corrected chi connectivity index (χ0v) is 7.78. The maximum absolute atomic E-state index is 3.41. The quantitative estimate of drug-likeness (QED) is 0.613. The molecule has 0 spiro atoms. The van der Waals surface area contributed by atoms with Gasteiger partial charge < -0.3 is 5.32 Å². The van der Waals surface area contributed by atoms with Gasteiger partial charge in [-0.15, -0.1) is 0 Å². The number of hydrogen-bond acceptors (Lipinski definition) is 1. The van der Waals surface area contributed by atoms with Crippen LogP contribution in [0.15, 0.2) is 12.1 Å². The molecular formula is C11H15N. The molecule has 0 amide bonds. The predicted molar refractivity (Wildman–Crippen MR) is 51.3 cm³/mol. The van der Waals surface area contributed by atoms with Crippen molar-refractivity contribution in [2.45, 2.75) is 26.8 Å². The van der Waals surface area contributed by atoms with Gasteiger partial charge in [0.1, 0.15) is 0 Å². The Balaban J connectivity index is 2.57. The van der Waals surface area contributed by atoms with E-state index in [4.69, 9.17) is 0 Å². The minimum atomic E-state index is 1.06. The number of nitrogens with one attached hydrogen (secondary N) is 1. The number of rotatable bonds is 0. The third-order valence-electron chi connectivity index (χ3n) is 2.75. The van der Waals surface area contributed by atoms with Crippen LogP contribution in [0.3, 0.4) is 0 Å². The van der Waals surface area contributed by atoms with Gasteiger partial charge >= 0.3 is 0 Å². The number of aryl methyl sites for hydroxylation is 2. The van der Waals surface area contributed by atoms with Gasteiger partial charge in [-0.2, -0.15) is 0 Å². The van der Waals surface area contributed by atoms with E-state index in [0.29, 0.717) is 0 Å². The van der Waals surface area contributed by atoms with Crippen LogP contribution in [0.2, 0.25) is 0 Å². The van der Waals surface area contributed by atoms with Crippen molar-refractivity contribution in [1.29, 1.82) is 0 Å². The van der Waals surface area contributed by atoms with Gasteiger partial charge in [-0.05, 0) is 49.1 Å². The van der Waals surface area contributed by atoms with Gasteiger partial charge in [0.15, 0.2) is 0 Å². The van der Waals surface area contributed by atoms with E-state index >= 15 is 0 Å². The summed E-state index contributed by atoms with van der Waals surface area (Å²) in [6.45, 7) is 6.61. The summed E-state index contributed by atoms with van der Waals surface area (Å²) in [5, 5.41) is 3.41. The van der Waals surface area contributed by atoms with Crippen molar-refractivity contribution in [1.82, 2.24) is 5.32 Å². The molecular weight excluding hydrogens is 146 g/mol. The van der Waals surface area contributed by atoms with Crippen LogP contribution in [0, 0.1) is 13.8 Å². The molecule has 0 atom stereocenters. The molecule has 0 saturated carbocycles. The lowest BCUT2D eigenvalue weighted by Crippen LogP contribution is -2.25. The lowest BCUT2D eigenvalue weighted by molar-refractivity contribution is 0.638. The average molecular weight is 161 g/mol. The van der Waals surface area contributed by atoms with Gasteiger partial charge in [-0.1, -0.05) is 12.1 Å². The molecule has 1 aromatic carbocycles. The highest BCUT2D eigenvalue weighted by Gasteiger charge is 2.11. The third kappa shape index (κ3) is 1.14. The van der Waals surface area contributed by atoms with Crippen LogP contribution < -0.4 is 5.32 Å². The molecule has 1 heterocycles. The molecule has 1 aromatic rings. The standard InChI is InChI=1S/C11H15N/c1-8-3-4-9(2)11-7-12-6-5-10(8)11/h3-4,12H,5-7H2,1-2H3. The molecule has 1 nitrogen and oxygen atoms in total. The first-order valence-corrected chi connectivity index (χ1v) is 4.57. The number of fused-ring (bicyclic) bond motifs is 1. The van der Waals surface area contributed by atoms with Gasteiger partial charge in [0.05, 0.1) is 0 Å². The Morgan fingerprint density at radius 1 is 1.08 bits per heavy atom. The molecule has 0 fully saturated rings. The van der Waals surface area contributed by atoms with E-state index in [1.54, 1.807) is 5.56 Å². The summed E-state index contributed by atoms with van der Waals surface area (Å²) in [6, 6.07) is 4.46. The Labute approximate surface area is 73.8 Å². The molecule has 0 aromatic heterocycles. The number of benzene rings is 1. The van der Waals surface area contributed by atoms with Crippen LogP contribution in [-0.2, 0) is 13.0 Å². The summed E-state index contributed by atoms with van der Waals surface area (Å²) in [4.78, 5) is 0. The Morgan fingerprint density at radius 2 is 1.75 bits per heavy atom. The Morgan fingerprint density at radius 3 is 2.42 bits per heavy atom. The SMILES string of the molecule is Cc1ccc(C)c2c1CCNC2. The molecule has 0 aliphatic carbocycles. The van der Waals surface area contributed by atoms with Crippen molar-refractivity contribution in [2.24, 2.45) is 0 Å². The van der Waals surface area contributed by atoms with Crippen molar-refractivity contribution < 1.29 is 0 Å². The van der Waals surface area contributed by atoms with Crippen LogP contribution >= 0.6 is 0 Å². The Hall–Kier alpha value is -0.820. The molecule has 1 aliphatic heterocycles. The summed E-state index contributed by atoms with van der Waals surface area (Å²) in [7, 11) is 0. The van der Waals surface area contributed by atoms with Gasteiger partial charge in [-0.3, -0.25) is 0 Å². The minimum Gasteiger partial charge on any atom is -0.312 e. The molecule has 0 unspecified atom stereocenters.